The normalized spacial score (nSPS) is 16.0. The molecule has 1 atom stereocenters. The number of morpholine rings is 1. The summed E-state index contributed by atoms with van der Waals surface area (Å²) in [5.74, 6) is 0.771. The number of nitrogens with zero attached hydrogens (tertiary/aromatic N) is 2. The van der Waals surface area contributed by atoms with E-state index in [-0.39, 0.29) is 23.2 Å². The predicted octanol–water partition coefficient (Wildman–Crippen LogP) is 2.12. The predicted molar refractivity (Wildman–Crippen MR) is 121 cm³/mol. The zero-order chi connectivity index (χ0) is 22.4. The van der Waals surface area contributed by atoms with Crippen LogP contribution in [-0.4, -0.2) is 74.5 Å². The summed E-state index contributed by atoms with van der Waals surface area (Å²) >= 11 is 0. The van der Waals surface area contributed by atoms with Crippen molar-refractivity contribution >= 4 is 15.7 Å². The number of nitrogens with one attached hydrogen (secondary N) is 1. The first kappa shape index (κ1) is 23.3. The molecule has 2 aromatic carbocycles. The molecular formula is C22H31N3O5S. The molecule has 1 aliphatic rings. The van der Waals surface area contributed by atoms with Gasteiger partial charge >= 0.3 is 0 Å². The molecule has 8 nitrogen and oxygen atoms in total. The Kier molecular flexibility index (Phi) is 7.77. The highest BCUT2D eigenvalue weighted by atomic mass is 32.2. The molecule has 31 heavy (non-hydrogen) atoms. The average molecular weight is 450 g/mol. The van der Waals surface area contributed by atoms with Crippen molar-refractivity contribution in [1.82, 2.24) is 9.62 Å². The molecule has 1 aliphatic heterocycles. The fourth-order valence-electron chi connectivity index (χ4n) is 3.60. The molecule has 170 valence electrons. The van der Waals surface area contributed by atoms with E-state index in [0.29, 0.717) is 19.0 Å². The van der Waals surface area contributed by atoms with E-state index in [0.717, 1.165) is 24.3 Å². The molecule has 0 unspecified atom stereocenters. The summed E-state index contributed by atoms with van der Waals surface area (Å²) in [5.41, 5.74) is 2.14. The minimum Gasteiger partial charge on any atom is -0.497 e. The van der Waals surface area contributed by atoms with Crippen LogP contribution >= 0.6 is 0 Å². The van der Waals surface area contributed by atoms with E-state index in [1.807, 2.05) is 31.1 Å². The van der Waals surface area contributed by atoms with Gasteiger partial charge in [-0.25, -0.2) is 13.1 Å². The number of methoxy groups -OCH3 is 2. The molecular weight excluding hydrogens is 418 g/mol. The topological polar surface area (TPSA) is 80.3 Å². The van der Waals surface area contributed by atoms with Gasteiger partial charge in [0.25, 0.3) is 0 Å². The molecule has 0 amide bonds. The van der Waals surface area contributed by atoms with Crippen LogP contribution in [0, 0.1) is 0 Å². The van der Waals surface area contributed by atoms with Crippen LogP contribution in [0.5, 0.6) is 11.5 Å². The van der Waals surface area contributed by atoms with Crippen LogP contribution < -0.4 is 19.1 Å². The molecule has 0 radical (unpaired) electrons. The van der Waals surface area contributed by atoms with Crippen LogP contribution in [0.15, 0.2) is 47.4 Å². The van der Waals surface area contributed by atoms with Crippen molar-refractivity contribution in [2.75, 3.05) is 66.1 Å². The van der Waals surface area contributed by atoms with Crippen molar-refractivity contribution in [3.8, 4) is 11.5 Å². The van der Waals surface area contributed by atoms with Gasteiger partial charge in [-0.1, -0.05) is 12.1 Å². The van der Waals surface area contributed by atoms with Crippen LogP contribution in [0.4, 0.5) is 5.69 Å². The van der Waals surface area contributed by atoms with Crippen LogP contribution in [0.25, 0.3) is 0 Å². The first-order valence-corrected chi connectivity index (χ1v) is 11.6. The lowest BCUT2D eigenvalue weighted by Gasteiger charge is -2.35. The minimum absolute atomic E-state index is 0.0829. The van der Waals surface area contributed by atoms with Crippen molar-refractivity contribution in [3.63, 3.8) is 0 Å². The second-order valence-electron chi connectivity index (χ2n) is 7.52. The van der Waals surface area contributed by atoms with E-state index in [4.69, 9.17) is 14.2 Å². The maximum Gasteiger partial charge on any atom is 0.244 e. The monoisotopic (exact) mass is 449 g/mol. The van der Waals surface area contributed by atoms with Gasteiger partial charge in [-0.2, -0.15) is 0 Å². The highest BCUT2D eigenvalue weighted by molar-refractivity contribution is 7.89. The first-order valence-electron chi connectivity index (χ1n) is 10.2. The van der Waals surface area contributed by atoms with Gasteiger partial charge in [0, 0.05) is 51.5 Å². The summed E-state index contributed by atoms with van der Waals surface area (Å²) in [6, 6.07) is 12.8. The molecule has 0 aromatic heterocycles. The van der Waals surface area contributed by atoms with Crippen molar-refractivity contribution in [2.45, 2.75) is 10.9 Å². The van der Waals surface area contributed by atoms with Gasteiger partial charge in [-0.05, 0) is 29.8 Å². The zero-order valence-electron chi connectivity index (χ0n) is 18.5. The van der Waals surface area contributed by atoms with Gasteiger partial charge < -0.3 is 19.1 Å². The van der Waals surface area contributed by atoms with E-state index in [1.54, 1.807) is 12.1 Å². The number of hydrogen-bond donors (Lipinski definition) is 1. The molecule has 9 heteroatoms. The third-order valence-corrected chi connectivity index (χ3v) is 6.87. The van der Waals surface area contributed by atoms with Crippen LogP contribution in [0.3, 0.4) is 0 Å². The molecule has 0 spiro atoms. The third-order valence-electron chi connectivity index (χ3n) is 5.41. The summed E-state index contributed by atoms with van der Waals surface area (Å²) in [5, 5.41) is 0. The van der Waals surface area contributed by atoms with Gasteiger partial charge in [-0.15, -0.1) is 0 Å². The van der Waals surface area contributed by atoms with Crippen molar-refractivity contribution in [3.05, 3.63) is 48.0 Å². The number of sulfonamides is 1. The van der Waals surface area contributed by atoms with E-state index >= 15 is 0 Å². The van der Waals surface area contributed by atoms with Gasteiger partial charge in [0.2, 0.25) is 10.0 Å². The van der Waals surface area contributed by atoms with E-state index in [9.17, 15) is 8.42 Å². The van der Waals surface area contributed by atoms with Gasteiger partial charge in [-0.3, -0.25) is 4.90 Å². The Morgan fingerprint density at radius 3 is 2.32 bits per heavy atom. The SMILES string of the molecule is COc1ccc(S(=O)(=O)NC[C@H](c2ccc(N(C)C)cc2)N2CCOCC2)c(OC)c1. The Balaban J connectivity index is 1.84. The van der Waals surface area contributed by atoms with Crippen molar-refractivity contribution in [1.29, 1.82) is 0 Å². The average Bonchev–Trinajstić information content (AvgIpc) is 2.79. The Bertz CT molecular complexity index is 958. The zero-order valence-corrected chi connectivity index (χ0v) is 19.3. The van der Waals surface area contributed by atoms with Crippen molar-refractivity contribution in [2.24, 2.45) is 0 Å². The first-order chi connectivity index (χ1) is 14.9. The van der Waals surface area contributed by atoms with E-state index in [2.05, 4.69) is 21.8 Å². The molecule has 1 fully saturated rings. The van der Waals surface area contributed by atoms with Crippen LogP contribution in [0.1, 0.15) is 11.6 Å². The number of hydrogen-bond acceptors (Lipinski definition) is 7. The second-order valence-corrected chi connectivity index (χ2v) is 9.25. The maximum atomic E-state index is 13.1. The number of benzene rings is 2. The lowest BCUT2D eigenvalue weighted by Crippen LogP contribution is -2.43. The second kappa shape index (κ2) is 10.3. The molecule has 0 bridgehead atoms. The number of rotatable bonds is 9. The largest absolute Gasteiger partial charge is 0.497 e. The molecule has 0 saturated carbocycles. The molecule has 1 saturated heterocycles. The minimum atomic E-state index is -3.79. The highest BCUT2D eigenvalue weighted by Crippen LogP contribution is 2.29. The standard InChI is InChI=1S/C22H31N3O5S/c1-24(2)18-7-5-17(6-8-18)20(25-11-13-30-14-12-25)16-23-31(26,27)22-10-9-19(28-3)15-21(22)29-4/h5-10,15,20,23H,11-14,16H2,1-4H3/t20-/m1/s1. The summed E-state index contributed by atoms with van der Waals surface area (Å²) in [7, 11) is 3.16. The lowest BCUT2D eigenvalue weighted by atomic mass is 10.0. The van der Waals surface area contributed by atoms with Crippen molar-refractivity contribution < 1.29 is 22.6 Å². The fourth-order valence-corrected chi connectivity index (χ4v) is 4.79. The van der Waals surface area contributed by atoms with Crippen LogP contribution in [0.2, 0.25) is 0 Å². The summed E-state index contributed by atoms with van der Waals surface area (Å²) in [4.78, 5) is 4.37. The number of anilines is 1. The quantitative estimate of drug-likeness (QED) is 0.628. The van der Waals surface area contributed by atoms with E-state index in [1.165, 1.54) is 20.3 Å². The smallest absolute Gasteiger partial charge is 0.244 e. The molecule has 1 heterocycles. The number of ether oxygens (including phenoxy) is 3. The van der Waals surface area contributed by atoms with Gasteiger partial charge in [0.1, 0.15) is 16.4 Å². The molecule has 3 rings (SSSR count). The highest BCUT2D eigenvalue weighted by Gasteiger charge is 2.26. The molecule has 1 N–H and O–H groups in total. The van der Waals surface area contributed by atoms with Crippen LogP contribution in [-0.2, 0) is 14.8 Å². The third kappa shape index (κ3) is 5.68. The Morgan fingerprint density at radius 2 is 1.74 bits per heavy atom. The summed E-state index contributed by atoms with van der Waals surface area (Å²) in [6.45, 7) is 2.98. The fraction of sp³-hybridized carbons (Fsp3) is 0.455. The van der Waals surface area contributed by atoms with Gasteiger partial charge in [0.15, 0.2) is 0 Å². The molecule has 2 aromatic rings. The molecule has 0 aliphatic carbocycles. The van der Waals surface area contributed by atoms with E-state index < -0.39 is 10.0 Å². The van der Waals surface area contributed by atoms with Gasteiger partial charge in [0.05, 0.1) is 27.4 Å². The maximum absolute atomic E-state index is 13.1. The Morgan fingerprint density at radius 1 is 1.06 bits per heavy atom. The summed E-state index contributed by atoms with van der Waals surface area (Å²) < 4.78 is 44.9. The Hall–Kier alpha value is -2.33. The Labute approximate surface area is 184 Å². The lowest BCUT2D eigenvalue weighted by molar-refractivity contribution is 0.0172. The summed E-state index contributed by atoms with van der Waals surface area (Å²) in [6.07, 6.45) is 0.